The van der Waals surface area contributed by atoms with Gasteiger partial charge in [0.15, 0.2) is 0 Å². The molecule has 0 aliphatic carbocycles. The van der Waals surface area contributed by atoms with E-state index in [-0.39, 0.29) is 16.7 Å². The van der Waals surface area contributed by atoms with Gasteiger partial charge in [-0.3, -0.25) is 0 Å². The van der Waals surface area contributed by atoms with Crippen LogP contribution in [-0.4, -0.2) is 11.7 Å². The molecule has 0 saturated carbocycles. The third-order valence-electron chi connectivity index (χ3n) is 3.43. The standard InChI is InChI=1S/C11H15NO/c1-8-10-6-4-5-7-11(10)9(2)12(8,3)13/h4-9H,1-3H3/t8-,9+,12?. The molecule has 1 aromatic rings. The van der Waals surface area contributed by atoms with Crippen LogP contribution in [0.25, 0.3) is 0 Å². The summed E-state index contributed by atoms with van der Waals surface area (Å²) in [4.78, 5) is 0. The molecule has 0 bridgehead atoms. The van der Waals surface area contributed by atoms with Crippen molar-refractivity contribution in [1.29, 1.82) is 0 Å². The average molecular weight is 177 g/mol. The van der Waals surface area contributed by atoms with Crippen LogP contribution in [-0.2, 0) is 0 Å². The van der Waals surface area contributed by atoms with Gasteiger partial charge in [-0.15, -0.1) is 0 Å². The number of benzene rings is 1. The minimum Gasteiger partial charge on any atom is -0.632 e. The second kappa shape index (κ2) is 2.56. The summed E-state index contributed by atoms with van der Waals surface area (Å²) in [5.74, 6) is 0. The summed E-state index contributed by atoms with van der Waals surface area (Å²) in [6.07, 6.45) is 0. The van der Waals surface area contributed by atoms with Gasteiger partial charge in [-0.1, -0.05) is 24.3 Å². The highest BCUT2D eigenvalue weighted by molar-refractivity contribution is 5.33. The predicted octanol–water partition coefficient (Wildman–Crippen LogP) is 2.77. The Morgan fingerprint density at radius 1 is 1.08 bits per heavy atom. The fourth-order valence-electron chi connectivity index (χ4n) is 2.16. The smallest absolute Gasteiger partial charge is 0.112 e. The molecule has 0 amide bonds. The summed E-state index contributed by atoms with van der Waals surface area (Å²) < 4.78 is -0.167. The maximum Gasteiger partial charge on any atom is 0.112 e. The number of quaternary nitrogens is 1. The fraction of sp³-hybridized carbons (Fsp3) is 0.455. The van der Waals surface area contributed by atoms with Gasteiger partial charge in [0, 0.05) is 11.1 Å². The van der Waals surface area contributed by atoms with Crippen molar-refractivity contribution in [2.45, 2.75) is 25.9 Å². The van der Waals surface area contributed by atoms with E-state index in [2.05, 4.69) is 12.1 Å². The van der Waals surface area contributed by atoms with E-state index < -0.39 is 0 Å². The van der Waals surface area contributed by atoms with E-state index in [1.165, 1.54) is 11.1 Å². The monoisotopic (exact) mass is 177 g/mol. The molecule has 3 atom stereocenters. The second-order valence-corrected chi connectivity index (χ2v) is 4.04. The molecule has 0 fully saturated rings. The first-order valence-electron chi connectivity index (χ1n) is 4.71. The molecule has 1 aromatic carbocycles. The molecule has 1 aliphatic heterocycles. The summed E-state index contributed by atoms with van der Waals surface area (Å²) in [6.45, 7) is 4.02. The number of hydrogen-bond donors (Lipinski definition) is 0. The van der Waals surface area contributed by atoms with Crippen LogP contribution >= 0.6 is 0 Å². The van der Waals surface area contributed by atoms with Crippen molar-refractivity contribution in [1.82, 2.24) is 0 Å². The maximum absolute atomic E-state index is 12.2. The Hall–Kier alpha value is -0.860. The molecule has 70 valence electrons. The molecule has 2 nitrogen and oxygen atoms in total. The highest BCUT2D eigenvalue weighted by atomic mass is 16.5. The molecule has 0 aromatic heterocycles. The van der Waals surface area contributed by atoms with E-state index in [0.717, 1.165) is 0 Å². The molecule has 1 aliphatic rings. The van der Waals surface area contributed by atoms with Crippen molar-refractivity contribution in [2.24, 2.45) is 0 Å². The SMILES string of the molecule is C[C@@H]1c2ccccc2[C@H](C)[N+]1(C)[O-]. The first kappa shape index (κ1) is 8.73. The first-order valence-corrected chi connectivity index (χ1v) is 4.71. The average Bonchev–Trinajstić information content (AvgIpc) is 2.30. The van der Waals surface area contributed by atoms with Crippen molar-refractivity contribution < 1.29 is 4.65 Å². The lowest BCUT2D eigenvalue weighted by molar-refractivity contribution is -0.911. The third kappa shape index (κ3) is 1.02. The Bertz CT molecular complexity index is 302. The number of hydrogen-bond acceptors (Lipinski definition) is 1. The maximum atomic E-state index is 12.2. The number of nitrogens with zero attached hydrogens (tertiary/aromatic N) is 1. The van der Waals surface area contributed by atoms with Gasteiger partial charge in [0.25, 0.3) is 0 Å². The van der Waals surface area contributed by atoms with Gasteiger partial charge in [-0.05, 0) is 13.8 Å². The Kier molecular flexibility index (Phi) is 1.72. The lowest BCUT2D eigenvalue weighted by Crippen LogP contribution is -2.36. The molecule has 0 radical (unpaired) electrons. The van der Waals surface area contributed by atoms with Gasteiger partial charge in [0.05, 0.1) is 7.05 Å². The van der Waals surface area contributed by atoms with Crippen LogP contribution in [0.3, 0.4) is 0 Å². The zero-order valence-electron chi connectivity index (χ0n) is 8.32. The Balaban J connectivity index is 2.57. The highest BCUT2D eigenvalue weighted by Gasteiger charge is 2.38. The van der Waals surface area contributed by atoms with Crippen molar-refractivity contribution in [2.75, 3.05) is 7.05 Å². The van der Waals surface area contributed by atoms with Crippen LogP contribution in [0.1, 0.15) is 37.1 Å². The Morgan fingerprint density at radius 2 is 1.46 bits per heavy atom. The van der Waals surface area contributed by atoms with E-state index in [4.69, 9.17) is 0 Å². The number of fused-ring (bicyclic) bond motifs is 1. The van der Waals surface area contributed by atoms with Gasteiger partial charge in [0.2, 0.25) is 0 Å². The van der Waals surface area contributed by atoms with Crippen molar-refractivity contribution in [3.63, 3.8) is 0 Å². The van der Waals surface area contributed by atoms with Gasteiger partial charge in [-0.25, -0.2) is 0 Å². The lowest BCUT2D eigenvalue weighted by atomic mass is 10.0. The zero-order valence-corrected chi connectivity index (χ0v) is 8.32. The van der Waals surface area contributed by atoms with Crippen LogP contribution in [0.2, 0.25) is 0 Å². The van der Waals surface area contributed by atoms with Crippen LogP contribution in [0.5, 0.6) is 0 Å². The van der Waals surface area contributed by atoms with E-state index in [1.807, 2.05) is 26.0 Å². The first-order chi connectivity index (χ1) is 6.05. The summed E-state index contributed by atoms with van der Waals surface area (Å²) in [5.41, 5.74) is 2.43. The predicted molar refractivity (Wildman–Crippen MR) is 52.8 cm³/mol. The largest absolute Gasteiger partial charge is 0.632 e. The molecule has 2 rings (SSSR count). The molecule has 0 spiro atoms. The molecule has 1 heterocycles. The number of rotatable bonds is 0. The van der Waals surface area contributed by atoms with Crippen molar-refractivity contribution >= 4 is 0 Å². The molecule has 1 unspecified atom stereocenters. The van der Waals surface area contributed by atoms with E-state index >= 15 is 0 Å². The van der Waals surface area contributed by atoms with Crippen molar-refractivity contribution in [3.05, 3.63) is 40.6 Å². The van der Waals surface area contributed by atoms with Crippen molar-refractivity contribution in [3.8, 4) is 0 Å². The third-order valence-corrected chi connectivity index (χ3v) is 3.43. The zero-order chi connectivity index (χ0) is 9.64. The minimum atomic E-state index is -0.167. The van der Waals surface area contributed by atoms with Gasteiger partial charge in [-0.2, -0.15) is 0 Å². The van der Waals surface area contributed by atoms with Crippen LogP contribution in [0.4, 0.5) is 0 Å². The van der Waals surface area contributed by atoms with Crippen LogP contribution in [0, 0.1) is 5.21 Å². The minimum absolute atomic E-state index is 0.0752. The summed E-state index contributed by atoms with van der Waals surface area (Å²) in [6, 6.07) is 8.30. The molecule has 2 heteroatoms. The van der Waals surface area contributed by atoms with Gasteiger partial charge >= 0.3 is 0 Å². The van der Waals surface area contributed by atoms with E-state index in [1.54, 1.807) is 7.05 Å². The van der Waals surface area contributed by atoms with Crippen LogP contribution in [0.15, 0.2) is 24.3 Å². The fourth-order valence-corrected chi connectivity index (χ4v) is 2.16. The second-order valence-electron chi connectivity index (χ2n) is 4.04. The summed E-state index contributed by atoms with van der Waals surface area (Å²) in [7, 11) is 1.76. The summed E-state index contributed by atoms with van der Waals surface area (Å²) in [5, 5.41) is 12.2. The normalized spacial score (nSPS) is 37.5. The van der Waals surface area contributed by atoms with Crippen LogP contribution < -0.4 is 0 Å². The van der Waals surface area contributed by atoms with E-state index in [0.29, 0.717) is 0 Å². The topological polar surface area (TPSA) is 23.1 Å². The molecular formula is C11H15NO. The Labute approximate surface area is 79.0 Å². The molecule has 0 saturated heterocycles. The summed E-state index contributed by atoms with van der Waals surface area (Å²) >= 11 is 0. The molecular weight excluding hydrogens is 162 g/mol. The quantitative estimate of drug-likeness (QED) is 0.441. The number of hydroxylamine groups is 3. The Morgan fingerprint density at radius 3 is 1.85 bits per heavy atom. The van der Waals surface area contributed by atoms with Gasteiger partial charge < -0.3 is 9.85 Å². The highest BCUT2D eigenvalue weighted by Crippen LogP contribution is 2.45. The molecule has 0 N–H and O–H groups in total. The van der Waals surface area contributed by atoms with E-state index in [9.17, 15) is 5.21 Å². The van der Waals surface area contributed by atoms with Gasteiger partial charge in [0.1, 0.15) is 12.1 Å². The molecule has 13 heavy (non-hydrogen) atoms. The lowest BCUT2D eigenvalue weighted by Gasteiger charge is -2.43.